The molecule has 0 spiro atoms. The summed E-state index contributed by atoms with van der Waals surface area (Å²) in [4.78, 5) is 22.7. The van der Waals surface area contributed by atoms with Gasteiger partial charge in [0.1, 0.15) is 6.54 Å². The number of fused-ring (bicyclic) bond motifs is 5. The fourth-order valence-electron chi connectivity index (χ4n) is 8.44. The van der Waals surface area contributed by atoms with Crippen LogP contribution in [0.2, 0.25) is 0 Å². The number of carbonyl (C=O) groups excluding carboxylic acids is 1. The van der Waals surface area contributed by atoms with Crippen LogP contribution in [0.3, 0.4) is 0 Å². The Kier molecular flexibility index (Phi) is 6.28. The number of carboxylic acids is 1. The second-order valence-electron chi connectivity index (χ2n) is 11.6. The van der Waals surface area contributed by atoms with Gasteiger partial charge in [-0.1, -0.05) is 32.4 Å². The van der Waals surface area contributed by atoms with Crippen molar-refractivity contribution in [3.8, 4) is 0 Å². The van der Waals surface area contributed by atoms with Crippen LogP contribution in [0.4, 0.5) is 0 Å². The molecule has 8 atom stereocenters. The minimum absolute atomic E-state index is 0.144. The molecule has 0 saturated heterocycles. The quantitative estimate of drug-likeness (QED) is 0.539. The Morgan fingerprint density at radius 3 is 2.68 bits per heavy atom. The van der Waals surface area contributed by atoms with Gasteiger partial charge in [-0.05, 0) is 98.2 Å². The van der Waals surface area contributed by atoms with Crippen molar-refractivity contribution in [2.24, 2.45) is 40.4 Å². The third-order valence-corrected chi connectivity index (χ3v) is 10.1. The Morgan fingerprint density at radius 2 is 1.94 bits per heavy atom. The second-order valence-corrected chi connectivity index (χ2v) is 11.6. The number of allylic oxidation sites excluding steroid dienone is 1. The summed E-state index contributed by atoms with van der Waals surface area (Å²) in [6, 6.07) is 0. The van der Waals surface area contributed by atoms with Gasteiger partial charge in [-0.25, -0.2) is 0 Å². The zero-order chi connectivity index (χ0) is 22.4. The molecular weight excluding hydrogens is 390 g/mol. The number of hydrogen-bond acceptors (Lipinski definition) is 3. The van der Waals surface area contributed by atoms with E-state index in [0.29, 0.717) is 23.7 Å². The maximum absolute atomic E-state index is 12.0. The molecule has 0 aromatic rings. The van der Waals surface area contributed by atoms with Crippen molar-refractivity contribution in [2.75, 3.05) is 6.54 Å². The van der Waals surface area contributed by atoms with Gasteiger partial charge in [0.2, 0.25) is 5.91 Å². The predicted octanol–water partition coefficient (Wildman–Crippen LogP) is 4.54. The number of amides is 1. The highest BCUT2D eigenvalue weighted by molar-refractivity contribution is 5.81. The normalized spacial score (nSPS) is 42.6. The van der Waals surface area contributed by atoms with E-state index in [1.165, 1.54) is 37.7 Å². The van der Waals surface area contributed by atoms with Gasteiger partial charge in [0.15, 0.2) is 0 Å². The molecule has 4 aliphatic carbocycles. The van der Waals surface area contributed by atoms with E-state index >= 15 is 0 Å². The molecule has 0 heterocycles. The molecule has 4 aliphatic rings. The molecule has 0 radical (unpaired) electrons. The first-order chi connectivity index (χ1) is 14.6. The Morgan fingerprint density at radius 1 is 1.16 bits per heavy atom. The van der Waals surface area contributed by atoms with Crippen molar-refractivity contribution in [3.05, 3.63) is 11.6 Å². The first kappa shape index (κ1) is 22.8. The highest BCUT2D eigenvalue weighted by atomic mass is 16.4. The lowest BCUT2D eigenvalue weighted by Crippen LogP contribution is -2.50. The van der Waals surface area contributed by atoms with E-state index in [-0.39, 0.29) is 24.0 Å². The minimum Gasteiger partial charge on any atom is -0.480 e. The summed E-state index contributed by atoms with van der Waals surface area (Å²) in [6.07, 6.45) is 12.9. The van der Waals surface area contributed by atoms with E-state index < -0.39 is 5.97 Å². The minimum atomic E-state index is -0.991. The molecule has 1 unspecified atom stereocenters. The Balaban J connectivity index is 1.42. The van der Waals surface area contributed by atoms with Crippen LogP contribution >= 0.6 is 0 Å². The van der Waals surface area contributed by atoms with Gasteiger partial charge < -0.3 is 15.5 Å². The van der Waals surface area contributed by atoms with E-state index in [4.69, 9.17) is 5.11 Å². The van der Waals surface area contributed by atoms with Gasteiger partial charge in [-0.15, -0.1) is 0 Å². The van der Waals surface area contributed by atoms with E-state index in [9.17, 15) is 14.7 Å². The van der Waals surface area contributed by atoms with Crippen molar-refractivity contribution in [2.45, 2.75) is 91.1 Å². The monoisotopic (exact) mass is 431 g/mol. The maximum Gasteiger partial charge on any atom is 0.322 e. The zero-order valence-electron chi connectivity index (χ0n) is 19.5. The molecule has 5 heteroatoms. The number of nitrogens with one attached hydrogen (secondary N) is 1. The second kappa shape index (κ2) is 8.53. The van der Waals surface area contributed by atoms with Gasteiger partial charge in [-0.2, -0.15) is 0 Å². The third kappa shape index (κ3) is 4.07. The summed E-state index contributed by atoms with van der Waals surface area (Å²) in [5.41, 5.74) is 2.18. The largest absolute Gasteiger partial charge is 0.480 e. The zero-order valence-corrected chi connectivity index (χ0v) is 19.5. The highest BCUT2D eigenvalue weighted by Crippen LogP contribution is 2.67. The highest BCUT2D eigenvalue weighted by Gasteiger charge is 2.59. The molecule has 0 aromatic heterocycles. The first-order valence-corrected chi connectivity index (χ1v) is 12.5. The molecule has 3 fully saturated rings. The van der Waals surface area contributed by atoms with Gasteiger partial charge in [0, 0.05) is 6.42 Å². The van der Waals surface area contributed by atoms with Crippen LogP contribution in [-0.2, 0) is 9.59 Å². The van der Waals surface area contributed by atoms with E-state index in [0.717, 1.165) is 43.4 Å². The molecule has 3 N–H and O–H groups in total. The molecule has 3 saturated carbocycles. The van der Waals surface area contributed by atoms with E-state index in [1.807, 2.05) is 0 Å². The third-order valence-electron chi connectivity index (χ3n) is 10.1. The van der Waals surface area contributed by atoms with Crippen LogP contribution in [-0.4, -0.2) is 34.7 Å². The lowest BCUT2D eigenvalue weighted by atomic mass is 9.47. The van der Waals surface area contributed by atoms with Crippen molar-refractivity contribution in [1.29, 1.82) is 0 Å². The van der Waals surface area contributed by atoms with Crippen molar-refractivity contribution >= 4 is 11.9 Å². The molecule has 1 amide bonds. The predicted molar refractivity (Wildman–Crippen MR) is 120 cm³/mol. The summed E-state index contributed by atoms with van der Waals surface area (Å²) in [5.74, 6) is 2.29. The number of aliphatic hydroxyl groups excluding tert-OH is 1. The van der Waals surface area contributed by atoms with Crippen LogP contribution in [0, 0.1) is 40.4 Å². The van der Waals surface area contributed by atoms with Crippen molar-refractivity contribution in [3.63, 3.8) is 0 Å². The first-order valence-electron chi connectivity index (χ1n) is 12.5. The maximum atomic E-state index is 12.0. The summed E-state index contributed by atoms with van der Waals surface area (Å²) in [6.45, 7) is 7.02. The van der Waals surface area contributed by atoms with Crippen LogP contribution in [0.15, 0.2) is 11.6 Å². The lowest BCUT2D eigenvalue weighted by molar-refractivity contribution is -0.138. The summed E-state index contributed by atoms with van der Waals surface area (Å²) in [7, 11) is 0. The number of carboxylic acid groups (broad SMARTS) is 1. The van der Waals surface area contributed by atoms with Crippen LogP contribution < -0.4 is 5.32 Å². The van der Waals surface area contributed by atoms with Gasteiger partial charge in [0.05, 0.1) is 6.10 Å². The van der Waals surface area contributed by atoms with Crippen LogP contribution in [0.1, 0.15) is 85.0 Å². The van der Waals surface area contributed by atoms with E-state index in [2.05, 4.69) is 32.2 Å². The average molecular weight is 432 g/mol. The number of carbonyl (C=O) groups is 2. The number of hydrogen-bond donors (Lipinski definition) is 3. The summed E-state index contributed by atoms with van der Waals surface area (Å²) >= 11 is 0. The molecule has 31 heavy (non-hydrogen) atoms. The topological polar surface area (TPSA) is 86.6 Å². The Bertz CT molecular complexity index is 748. The summed E-state index contributed by atoms with van der Waals surface area (Å²) in [5, 5.41) is 21.4. The van der Waals surface area contributed by atoms with Crippen molar-refractivity contribution < 1.29 is 19.8 Å². The number of aliphatic carboxylic acids is 1. The fraction of sp³-hybridized carbons (Fsp3) is 0.846. The molecular formula is C26H41NO4. The summed E-state index contributed by atoms with van der Waals surface area (Å²) < 4.78 is 0. The molecule has 5 nitrogen and oxygen atoms in total. The van der Waals surface area contributed by atoms with Gasteiger partial charge >= 0.3 is 5.97 Å². The molecule has 0 aliphatic heterocycles. The molecule has 0 aromatic carbocycles. The Hall–Kier alpha value is -1.36. The number of rotatable bonds is 6. The average Bonchev–Trinajstić information content (AvgIpc) is 3.08. The van der Waals surface area contributed by atoms with Crippen LogP contribution in [0.5, 0.6) is 0 Å². The smallest absolute Gasteiger partial charge is 0.322 e. The fourth-order valence-corrected chi connectivity index (χ4v) is 8.44. The molecule has 0 bridgehead atoms. The van der Waals surface area contributed by atoms with Gasteiger partial charge in [0.25, 0.3) is 0 Å². The van der Waals surface area contributed by atoms with Crippen molar-refractivity contribution in [1.82, 2.24) is 5.32 Å². The SMILES string of the molecule is CC(CCC(=O)NCC(=O)O)[C@H]1CC[C@H]2[C@@H]3CC=C4C[C@@H](O)CC[C@]4(C)[C@H]3CC[C@]12C. The number of aliphatic hydroxyl groups is 1. The lowest BCUT2D eigenvalue weighted by Gasteiger charge is -2.58. The Labute approximate surface area is 187 Å². The standard InChI is InChI=1S/C26H41NO4/c1-16(4-9-23(29)27-15-24(30)31)20-7-8-21-19-6-5-17-14-18(28)10-12-25(17,2)22(19)11-13-26(20,21)3/h5,16,18-22,28H,4,6-15H2,1-3H3,(H,27,29)(H,30,31)/t16?,18-,19-,20+,21-,22-,25-,26+/m0/s1. The van der Waals surface area contributed by atoms with Gasteiger partial charge in [-0.3, -0.25) is 9.59 Å². The van der Waals surface area contributed by atoms with Crippen LogP contribution in [0.25, 0.3) is 0 Å². The molecule has 4 rings (SSSR count). The molecule has 174 valence electrons. The van der Waals surface area contributed by atoms with E-state index in [1.54, 1.807) is 0 Å².